The second-order valence-electron chi connectivity index (χ2n) is 8.87. The monoisotopic (exact) mass is 454 g/mol. The number of hydrogen-bond acceptors (Lipinski definition) is 4. The normalized spacial score (nSPS) is 19.1. The number of benzene rings is 3. The smallest absolute Gasteiger partial charge is 0.256 e. The lowest BCUT2D eigenvalue weighted by molar-refractivity contribution is -0.120. The number of nitrogens with zero attached hydrogens (tertiary/aromatic N) is 2. The molecule has 2 N–H and O–H groups in total. The van der Waals surface area contributed by atoms with Crippen LogP contribution in [0.1, 0.15) is 27.1 Å². The van der Waals surface area contributed by atoms with Crippen molar-refractivity contribution >= 4 is 29.1 Å². The maximum Gasteiger partial charge on any atom is 0.256 e. The van der Waals surface area contributed by atoms with Crippen molar-refractivity contribution < 1.29 is 14.4 Å². The summed E-state index contributed by atoms with van der Waals surface area (Å²) in [5.74, 6) is -0.751. The third-order valence-corrected chi connectivity index (χ3v) is 6.50. The van der Waals surface area contributed by atoms with Crippen LogP contribution in [-0.2, 0) is 4.79 Å². The number of rotatable bonds is 4. The minimum Gasteiger partial charge on any atom is -0.378 e. The number of anilines is 2. The summed E-state index contributed by atoms with van der Waals surface area (Å²) in [6.07, 6.45) is 0.513. The topological polar surface area (TPSA) is 81.8 Å². The van der Waals surface area contributed by atoms with E-state index in [0.29, 0.717) is 29.8 Å². The zero-order valence-electron chi connectivity index (χ0n) is 19.1. The van der Waals surface area contributed by atoms with Crippen molar-refractivity contribution in [3.05, 3.63) is 83.9 Å². The molecule has 2 unspecified atom stereocenters. The predicted molar refractivity (Wildman–Crippen MR) is 132 cm³/mol. The summed E-state index contributed by atoms with van der Waals surface area (Å²) in [5.41, 5.74) is 4.37. The summed E-state index contributed by atoms with van der Waals surface area (Å²) in [6, 6.07) is 21.3. The van der Waals surface area contributed by atoms with E-state index in [-0.39, 0.29) is 17.7 Å². The average molecular weight is 455 g/mol. The van der Waals surface area contributed by atoms with E-state index in [2.05, 4.69) is 10.6 Å². The predicted octanol–water partition coefficient (Wildman–Crippen LogP) is 3.38. The maximum absolute atomic E-state index is 13.5. The summed E-state index contributed by atoms with van der Waals surface area (Å²) < 4.78 is 0. The standard InChI is InChI=1S/C27H26N4O3/c1-30(2)20-11-8-18(9-12-20)25(32)29-23-14-15-31-24(23)26(33)28-22-13-10-19(16-21(22)27(31)34)17-6-4-3-5-7-17/h3-13,16,23-24H,14-15H2,1-2H3,(H,28,33)(H,29,32). The zero-order valence-corrected chi connectivity index (χ0v) is 19.1. The Morgan fingerprint density at radius 2 is 1.71 bits per heavy atom. The van der Waals surface area contributed by atoms with E-state index in [0.717, 1.165) is 16.8 Å². The van der Waals surface area contributed by atoms with Crippen LogP contribution in [0.3, 0.4) is 0 Å². The third-order valence-electron chi connectivity index (χ3n) is 6.50. The lowest BCUT2D eigenvalue weighted by atomic mass is 10.0. The Labute approximate surface area is 198 Å². The number of carbonyl (C=O) groups excluding carboxylic acids is 3. The van der Waals surface area contributed by atoms with Crippen molar-refractivity contribution in [1.82, 2.24) is 10.2 Å². The first-order chi connectivity index (χ1) is 16.4. The molecule has 2 atom stereocenters. The minimum atomic E-state index is -0.759. The second-order valence-corrected chi connectivity index (χ2v) is 8.87. The summed E-state index contributed by atoms with van der Waals surface area (Å²) in [6.45, 7) is 0.399. The van der Waals surface area contributed by atoms with Crippen LogP contribution in [-0.4, -0.2) is 55.3 Å². The molecule has 2 heterocycles. The molecule has 2 aliphatic rings. The Morgan fingerprint density at radius 1 is 0.971 bits per heavy atom. The highest BCUT2D eigenvalue weighted by Gasteiger charge is 2.45. The fourth-order valence-electron chi connectivity index (χ4n) is 4.66. The molecular formula is C27H26N4O3. The van der Waals surface area contributed by atoms with Gasteiger partial charge in [0, 0.05) is 31.9 Å². The van der Waals surface area contributed by atoms with Crippen molar-refractivity contribution in [3.63, 3.8) is 0 Å². The van der Waals surface area contributed by atoms with Crippen molar-refractivity contribution in [2.75, 3.05) is 30.9 Å². The molecule has 7 nitrogen and oxygen atoms in total. The van der Waals surface area contributed by atoms with Crippen molar-refractivity contribution in [3.8, 4) is 11.1 Å². The van der Waals surface area contributed by atoms with Crippen LogP contribution in [0.2, 0.25) is 0 Å². The van der Waals surface area contributed by atoms with Gasteiger partial charge in [-0.3, -0.25) is 14.4 Å². The molecule has 0 spiro atoms. The van der Waals surface area contributed by atoms with Crippen LogP contribution in [0.5, 0.6) is 0 Å². The molecule has 1 fully saturated rings. The van der Waals surface area contributed by atoms with E-state index in [9.17, 15) is 14.4 Å². The highest BCUT2D eigenvalue weighted by atomic mass is 16.2. The summed E-state index contributed by atoms with van der Waals surface area (Å²) in [4.78, 5) is 43.0. The molecule has 0 bridgehead atoms. The van der Waals surface area contributed by atoms with Gasteiger partial charge in [0.15, 0.2) is 0 Å². The molecule has 3 amide bonds. The highest BCUT2D eigenvalue weighted by Crippen LogP contribution is 2.32. The third kappa shape index (κ3) is 3.90. The molecular weight excluding hydrogens is 428 g/mol. The van der Waals surface area contributed by atoms with Crippen LogP contribution in [0.25, 0.3) is 11.1 Å². The maximum atomic E-state index is 13.5. The van der Waals surface area contributed by atoms with Gasteiger partial charge < -0.3 is 20.4 Å². The van der Waals surface area contributed by atoms with Gasteiger partial charge in [-0.1, -0.05) is 36.4 Å². The summed E-state index contributed by atoms with van der Waals surface area (Å²) in [5, 5.41) is 5.89. The quantitative estimate of drug-likeness (QED) is 0.633. The molecule has 0 aliphatic carbocycles. The van der Waals surface area contributed by atoms with Gasteiger partial charge in [0.25, 0.3) is 11.8 Å². The van der Waals surface area contributed by atoms with E-state index in [1.807, 2.05) is 73.6 Å². The second kappa shape index (κ2) is 8.67. The fourth-order valence-corrected chi connectivity index (χ4v) is 4.66. The van der Waals surface area contributed by atoms with Gasteiger partial charge in [0.2, 0.25) is 5.91 Å². The van der Waals surface area contributed by atoms with Gasteiger partial charge in [0.05, 0.1) is 17.3 Å². The lowest BCUT2D eigenvalue weighted by Crippen LogP contribution is -2.51. The molecule has 34 heavy (non-hydrogen) atoms. The first kappa shape index (κ1) is 21.7. The molecule has 3 aromatic carbocycles. The number of amides is 3. The van der Waals surface area contributed by atoms with Crippen LogP contribution >= 0.6 is 0 Å². The summed E-state index contributed by atoms with van der Waals surface area (Å²) >= 11 is 0. The molecule has 2 aliphatic heterocycles. The van der Waals surface area contributed by atoms with Gasteiger partial charge >= 0.3 is 0 Å². The Hall–Kier alpha value is -4.13. The van der Waals surface area contributed by atoms with Crippen molar-refractivity contribution in [2.24, 2.45) is 0 Å². The van der Waals surface area contributed by atoms with Gasteiger partial charge in [-0.15, -0.1) is 0 Å². The van der Waals surface area contributed by atoms with Crippen molar-refractivity contribution in [1.29, 1.82) is 0 Å². The van der Waals surface area contributed by atoms with E-state index in [4.69, 9.17) is 0 Å². The average Bonchev–Trinajstić information content (AvgIpc) is 3.23. The van der Waals surface area contributed by atoms with E-state index >= 15 is 0 Å². The molecule has 7 heteroatoms. The van der Waals surface area contributed by atoms with E-state index < -0.39 is 12.1 Å². The Kier molecular flexibility index (Phi) is 5.53. The zero-order chi connectivity index (χ0) is 23.8. The minimum absolute atomic E-state index is 0.205. The Morgan fingerprint density at radius 3 is 2.41 bits per heavy atom. The number of carbonyl (C=O) groups is 3. The molecule has 3 aromatic rings. The molecule has 172 valence electrons. The van der Waals surface area contributed by atoms with Crippen LogP contribution < -0.4 is 15.5 Å². The molecule has 0 aromatic heterocycles. The SMILES string of the molecule is CN(C)c1ccc(C(=O)NC2CCN3C(=O)c4cc(-c5ccccc5)ccc4NC(=O)C23)cc1. The van der Waals surface area contributed by atoms with Crippen LogP contribution in [0, 0.1) is 0 Å². The fraction of sp³-hybridized carbons (Fsp3) is 0.222. The first-order valence-electron chi connectivity index (χ1n) is 11.3. The first-order valence-corrected chi connectivity index (χ1v) is 11.3. The van der Waals surface area contributed by atoms with Gasteiger partial charge in [-0.05, 0) is 53.9 Å². The summed E-state index contributed by atoms with van der Waals surface area (Å²) in [7, 11) is 3.87. The van der Waals surface area contributed by atoms with Gasteiger partial charge in [-0.25, -0.2) is 0 Å². The number of fused-ring (bicyclic) bond motifs is 2. The number of hydrogen-bond donors (Lipinski definition) is 2. The molecule has 0 radical (unpaired) electrons. The molecule has 5 rings (SSSR count). The van der Waals surface area contributed by atoms with Gasteiger partial charge in [0.1, 0.15) is 6.04 Å². The van der Waals surface area contributed by atoms with Crippen molar-refractivity contribution in [2.45, 2.75) is 18.5 Å². The Bertz CT molecular complexity index is 1250. The van der Waals surface area contributed by atoms with E-state index in [1.54, 1.807) is 23.1 Å². The van der Waals surface area contributed by atoms with Crippen LogP contribution in [0.15, 0.2) is 72.8 Å². The Balaban J connectivity index is 1.38. The van der Waals surface area contributed by atoms with Gasteiger partial charge in [-0.2, -0.15) is 0 Å². The molecule has 0 saturated carbocycles. The van der Waals surface area contributed by atoms with Crippen LogP contribution in [0.4, 0.5) is 11.4 Å². The largest absolute Gasteiger partial charge is 0.378 e. The highest BCUT2D eigenvalue weighted by molar-refractivity contribution is 6.11. The number of nitrogens with one attached hydrogen (secondary N) is 2. The molecule has 1 saturated heterocycles. The lowest BCUT2D eigenvalue weighted by Gasteiger charge is -2.25. The van der Waals surface area contributed by atoms with E-state index in [1.165, 1.54) is 0 Å².